The second-order valence-corrected chi connectivity index (χ2v) is 3.91. The summed E-state index contributed by atoms with van der Waals surface area (Å²) < 4.78 is 2.78. The lowest BCUT2D eigenvalue weighted by molar-refractivity contribution is 0.974. The van der Waals surface area contributed by atoms with Crippen molar-refractivity contribution in [3.63, 3.8) is 0 Å². The Bertz CT molecular complexity index is 297. The van der Waals surface area contributed by atoms with Crippen LogP contribution in [0.3, 0.4) is 0 Å². The standard InChI is InChI=1S/C4H2BrN3S/c5-3-1-8-4(9-3)6-2-7-8/h1-2H. The van der Waals surface area contributed by atoms with Crippen molar-refractivity contribution in [2.75, 3.05) is 0 Å². The van der Waals surface area contributed by atoms with Gasteiger partial charge in [0.05, 0.1) is 9.98 Å². The molecule has 0 aromatic carbocycles. The summed E-state index contributed by atoms with van der Waals surface area (Å²) in [4.78, 5) is 4.90. The van der Waals surface area contributed by atoms with Gasteiger partial charge >= 0.3 is 0 Å². The Morgan fingerprint density at radius 3 is 3.33 bits per heavy atom. The van der Waals surface area contributed by atoms with Crippen molar-refractivity contribution in [3.05, 3.63) is 16.3 Å². The summed E-state index contributed by atoms with van der Waals surface area (Å²) in [7, 11) is 0. The summed E-state index contributed by atoms with van der Waals surface area (Å²) in [5.74, 6) is 0. The topological polar surface area (TPSA) is 30.2 Å². The summed E-state index contributed by atoms with van der Waals surface area (Å²) in [6.45, 7) is 0. The highest BCUT2D eigenvalue weighted by Crippen LogP contribution is 2.19. The smallest absolute Gasteiger partial charge is 0.210 e. The van der Waals surface area contributed by atoms with Gasteiger partial charge < -0.3 is 0 Å². The van der Waals surface area contributed by atoms with Gasteiger partial charge in [-0.25, -0.2) is 9.50 Å². The van der Waals surface area contributed by atoms with Crippen LogP contribution < -0.4 is 0 Å². The first kappa shape index (κ1) is 5.37. The normalized spacial score (nSPS) is 10.8. The lowest BCUT2D eigenvalue weighted by atomic mass is 11.0. The van der Waals surface area contributed by atoms with Crippen molar-refractivity contribution in [2.45, 2.75) is 0 Å². The molecule has 2 aromatic rings. The molecule has 0 spiro atoms. The van der Waals surface area contributed by atoms with E-state index in [9.17, 15) is 0 Å². The van der Waals surface area contributed by atoms with E-state index in [2.05, 4.69) is 26.0 Å². The van der Waals surface area contributed by atoms with Crippen LogP contribution in [0.4, 0.5) is 0 Å². The first-order chi connectivity index (χ1) is 4.36. The zero-order valence-corrected chi connectivity index (χ0v) is 6.69. The van der Waals surface area contributed by atoms with Crippen LogP contribution in [0.1, 0.15) is 0 Å². The first-order valence-corrected chi connectivity index (χ1v) is 3.92. The van der Waals surface area contributed by atoms with Gasteiger partial charge in [0.25, 0.3) is 0 Å². The number of aromatic nitrogens is 3. The second kappa shape index (κ2) is 1.78. The Morgan fingerprint density at radius 2 is 2.56 bits per heavy atom. The van der Waals surface area contributed by atoms with E-state index in [4.69, 9.17) is 0 Å². The van der Waals surface area contributed by atoms with E-state index in [0.29, 0.717) is 0 Å². The molecule has 2 rings (SSSR count). The molecule has 0 aliphatic carbocycles. The van der Waals surface area contributed by atoms with E-state index in [1.807, 2.05) is 6.20 Å². The van der Waals surface area contributed by atoms with Crippen LogP contribution in [0.25, 0.3) is 4.96 Å². The molecule has 0 bridgehead atoms. The van der Waals surface area contributed by atoms with Gasteiger partial charge in [0.15, 0.2) is 0 Å². The maximum atomic E-state index is 3.98. The van der Waals surface area contributed by atoms with Crippen molar-refractivity contribution in [1.29, 1.82) is 0 Å². The highest BCUT2D eigenvalue weighted by molar-refractivity contribution is 9.11. The molecule has 0 saturated carbocycles. The Hall–Kier alpha value is -0.420. The highest BCUT2D eigenvalue weighted by Gasteiger charge is 1.97. The largest absolute Gasteiger partial charge is 0.212 e. The number of nitrogens with zero attached hydrogens (tertiary/aromatic N) is 3. The predicted molar refractivity (Wildman–Crippen MR) is 38.6 cm³/mol. The number of halogens is 1. The molecule has 9 heavy (non-hydrogen) atoms. The van der Waals surface area contributed by atoms with Crippen molar-refractivity contribution in [3.8, 4) is 0 Å². The zero-order valence-electron chi connectivity index (χ0n) is 4.28. The van der Waals surface area contributed by atoms with Gasteiger partial charge in [0.2, 0.25) is 4.96 Å². The van der Waals surface area contributed by atoms with Crippen LogP contribution in [-0.4, -0.2) is 14.6 Å². The SMILES string of the molecule is Brc1cn2ncnc2s1. The fraction of sp³-hybridized carbons (Fsp3) is 0. The van der Waals surface area contributed by atoms with E-state index in [1.54, 1.807) is 15.9 Å². The first-order valence-electron chi connectivity index (χ1n) is 2.31. The molecule has 5 heteroatoms. The summed E-state index contributed by atoms with van der Waals surface area (Å²) in [6.07, 6.45) is 3.42. The van der Waals surface area contributed by atoms with Gasteiger partial charge in [-0.3, -0.25) is 0 Å². The summed E-state index contributed by atoms with van der Waals surface area (Å²) in [5, 5.41) is 3.93. The molecule has 0 saturated heterocycles. The van der Waals surface area contributed by atoms with Crippen LogP contribution in [0, 0.1) is 0 Å². The Kier molecular flexibility index (Phi) is 1.06. The fourth-order valence-electron chi connectivity index (χ4n) is 0.611. The molecule has 3 nitrogen and oxygen atoms in total. The van der Waals surface area contributed by atoms with Crippen molar-refractivity contribution in [2.24, 2.45) is 0 Å². The predicted octanol–water partition coefficient (Wildman–Crippen LogP) is 1.55. The minimum Gasteiger partial charge on any atom is -0.210 e. The lowest BCUT2D eigenvalue weighted by Gasteiger charge is -1.70. The number of hydrogen-bond acceptors (Lipinski definition) is 3. The monoisotopic (exact) mass is 203 g/mol. The lowest BCUT2D eigenvalue weighted by Crippen LogP contribution is -1.74. The van der Waals surface area contributed by atoms with Crippen LogP contribution in [0.15, 0.2) is 16.3 Å². The maximum absolute atomic E-state index is 3.98. The molecular formula is C4H2BrN3S. The molecule has 46 valence electrons. The number of hydrogen-bond donors (Lipinski definition) is 0. The average molecular weight is 204 g/mol. The Morgan fingerprint density at radius 1 is 1.67 bits per heavy atom. The van der Waals surface area contributed by atoms with Crippen LogP contribution in [0.5, 0.6) is 0 Å². The fourth-order valence-corrected chi connectivity index (χ4v) is 1.86. The van der Waals surface area contributed by atoms with Crippen molar-refractivity contribution in [1.82, 2.24) is 14.6 Å². The van der Waals surface area contributed by atoms with Crippen molar-refractivity contribution < 1.29 is 0 Å². The van der Waals surface area contributed by atoms with E-state index < -0.39 is 0 Å². The Labute approximate surface area is 63.5 Å². The molecule has 0 amide bonds. The molecule has 2 heterocycles. The zero-order chi connectivity index (χ0) is 6.27. The third-order valence-corrected chi connectivity index (χ3v) is 2.42. The molecule has 0 unspecified atom stereocenters. The van der Waals surface area contributed by atoms with Gasteiger partial charge in [-0.15, -0.1) is 0 Å². The minimum atomic E-state index is 0.918. The van der Waals surface area contributed by atoms with Gasteiger partial charge in [-0.1, -0.05) is 11.3 Å². The second-order valence-electron chi connectivity index (χ2n) is 1.52. The highest BCUT2D eigenvalue weighted by atomic mass is 79.9. The van der Waals surface area contributed by atoms with E-state index in [1.165, 1.54) is 6.33 Å². The average Bonchev–Trinajstić information content (AvgIpc) is 2.22. The third kappa shape index (κ3) is 0.764. The van der Waals surface area contributed by atoms with Crippen LogP contribution in [-0.2, 0) is 0 Å². The quantitative estimate of drug-likeness (QED) is 0.651. The molecule has 0 atom stereocenters. The van der Waals surface area contributed by atoms with Gasteiger partial charge in [-0.05, 0) is 15.9 Å². The van der Waals surface area contributed by atoms with Crippen LogP contribution in [0.2, 0.25) is 0 Å². The molecule has 0 aliphatic heterocycles. The number of thiazole rings is 1. The third-order valence-electron chi connectivity index (χ3n) is 0.953. The molecule has 0 radical (unpaired) electrons. The molecule has 2 aromatic heterocycles. The molecule has 0 aliphatic rings. The van der Waals surface area contributed by atoms with Gasteiger partial charge in [0, 0.05) is 0 Å². The van der Waals surface area contributed by atoms with Gasteiger partial charge in [-0.2, -0.15) is 5.10 Å². The summed E-state index contributed by atoms with van der Waals surface area (Å²) in [6, 6.07) is 0. The van der Waals surface area contributed by atoms with Gasteiger partial charge in [0.1, 0.15) is 6.33 Å². The number of rotatable bonds is 0. The summed E-state index contributed by atoms with van der Waals surface area (Å²) in [5.41, 5.74) is 0. The Balaban J connectivity index is 2.92. The van der Waals surface area contributed by atoms with E-state index in [-0.39, 0.29) is 0 Å². The molecular weight excluding hydrogens is 202 g/mol. The van der Waals surface area contributed by atoms with E-state index in [0.717, 1.165) is 8.75 Å². The minimum absolute atomic E-state index is 0.918. The van der Waals surface area contributed by atoms with E-state index >= 15 is 0 Å². The molecule has 0 fully saturated rings. The van der Waals surface area contributed by atoms with Crippen molar-refractivity contribution >= 4 is 32.2 Å². The maximum Gasteiger partial charge on any atom is 0.212 e. The summed E-state index contributed by atoms with van der Waals surface area (Å²) >= 11 is 4.89. The molecule has 0 N–H and O–H groups in total. The number of fused-ring (bicyclic) bond motifs is 1. The van der Waals surface area contributed by atoms with Crippen LogP contribution >= 0.6 is 27.3 Å².